The van der Waals surface area contributed by atoms with Crippen LogP contribution < -0.4 is 0 Å². The maximum absolute atomic E-state index is 13.1. The van der Waals surface area contributed by atoms with Gasteiger partial charge in [0.15, 0.2) is 0 Å². The van der Waals surface area contributed by atoms with Crippen molar-refractivity contribution >= 4 is 16.7 Å². The molecular formula is C22H28N2O2. The molecule has 2 aliphatic heterocycles. The van der Waals surface area contributed by atoms with Crippen LogP contribution in [0.1, 0.15) is 23.7 Å². The zero-order valence-corrected chi connectivity index (χ0v) is 15.8. The second-order valence-corrected chi connectivity index (χ2v) is 7.88. The summed E-state index contributed by atoms with van der Waals surface area (Å²) in [5.41, 5.74) is 0.993. The average Bonchev–Trinajstić information content (AvgIpc) is 3.25. The minimum absolute atomic E-state index is 0.166. The summed E-state index contributed by atoms with van der Waals surface area (Å²) in [6.45, 7) is 7.94. The van der Waals surface area contributed by atoms with Gasteiger partial charge in [0.1, 0.15) is 0 Å². The predicted octanol–water partition coefficient (Wildman–Crippen LogP) is 3.27. The molecule has 2 aliphatic rings. The highest BCUT2D eigenvalue weighted by molar-refractivity contribution is 5.98. The number of methoxy groups -OCH3 is 1. The summed E-state index contributed by atoms with van der Waals surface area (Å²) in [6.07, 6.45) is 1.08. The lowest BCUT2D eigenvalue weighted by atomic mass is 9.77. The Balaban J connectivity index is 1.54. The largest absolute Gasteiger partial charge is 0.384 e. The number of amides is 1. The van der Waals surface area contributed by atoms with E-state index in [1.807, 2.05) is 24.3 Å². The molecule has 0 saturated carbocycles. The van der Waals surface area contributed by atoms with Crippen LogP contribution in [0.15, 0.2) is 42.5 Å². The number of likely N-dealkylation sites (tertiary alicyclic amines) is 2. The van der Waals surface area contributed by atoms with Gasteiger partial charge in [-0.3, -0.25) is 4.79 Å². The minimum atomic E-state index is 0.166. The first-order valence-corrected chi connectivity index (χ1v) is 9.64. The van der Waals surface area contributed by atoms with Gasteiger partial charge in [-0.05, 0) is 35.9 Å². The standard InChI is InChI=1S/C22H28N2O2/c1-3-23-13-20(14-26-2)22(15-23)10-11-24(16-22)21(25)19-9-8-17-6-4-5-7-18(17)12-19/h4-9,12,20H,3,10-11,13-16H2,1-2H3/t20-,22+/m1/s1. The van der Waals surface area contributed by atoms with E-state index >= 15 is 0 Å². The zero-order valence-electron chi connectivity index (χ0n) is 15.8. The quantitative estimate of drug-likeness (QED) is 0.847. The Morgan fingerprint density at radius 3 is 2.77 bits per heavy atom. The molecule has 2 saturated heterocycles. The van der Waals surface area contributed by atoms with Gasteiger partial charge in [0.25, 0.3) is 5.91 Å². The van der Waals surface area contributed by atoms with E-state index in [1.54, 1.807) is 7.11 Å². The second kappa shape index (κ2) is 7.01. The van der Waals surface area contributed by atoms with Crippen LogP contribution in [0.5, 0.6) is 0 Å². The van der Waals surface area contributed by atoms with Crippen LogP contribution in [-0.4, -0.2) is 62.1 Å². The van der Waals surface area contributed by atoms with Gasteiger partial charge in [0, 0.05) is 50.2 Å². The van der Waals surface area contributed by atoms with Crippen molar-refractivity contribution in [2.75, 3.05) is 46.4 Å². The maximum atomic E-state index is 13.1. The molecule has 1 amide bonds. The summed E-state index contributed by atoms with van der Waals surface area (Å²) in [6, 6.07) is 14.3. The van der Waals surface area contributed by atoms with Crippen LogP contribution >= 0.6 is 0 Å². The summed E-state index contributed by atoms with van der Waals surface area (Å²) >= 11 is 0. The fourth-order valence-electron chi connectivity index (χ4n) is 4.85. The average molecular weight is 352 g/mol. The highest BCUT2D eigenvalue weighted by Crippen LogP contribution is 2.44. The number of benzene rings is 2. The van der Waals surface area contributed by atoms with Gasteiger partial charge in [-0.25, -0.2) is 0 Å². The lowest BCUT2D eigenvalue weighted by Gasteiger charge is -2.30. The Morgan fingerprint density at radius 2 is 2.00 bits per heavy atom. The van der Waals surface area contributed by atoms with Crippen molar-refractivity contribution in [1.82, 2.24) is 9.80 Å². The van der Waals surface area contributed by atoms with Crippen molar-refractivity contribution in [2.24, 2.45) is 11.3 Å². The number of ether oxygens (including phenoxy) is 1. The molecule has 138 valence electrons. The lowest BCUT2D eigenvalue weighted by molar-refractivity contribution is 0.0716. The number of hydrogen-bond acceptors (Lipinski definition) is 3. The summed E-state index contributed by atoms with van der Waals surface area (Å²) in [7, 11) is 1.79. The number of rotatable bonds is 4. The lowest BCUT2D eigenvalue weighted by Crippen LogP contribution is -2.38. The van der Waals surface area contributed by atoms with Crippen molar-refractivity contribution < 1.29 is 9.53 Å². The van der Waals surface area contributed by atoms with Gasteiger partial charge in [-0.15, -0.1) is 0 Å². The monoisotopic (exact) mass is 352 g/mol. The molecule has 0 aromatic heterocycles. The molecule has 2 atom stereocenters. The molecule has 1 spiro atoms. The van der Waals surface area contributed by atoms with Gasteiger partial charge in [0.2, 0.25) is 0 Å². The summed E-state index contributed by atoms with van der Waals surface area (Å²) < 4.78 is 5.50. The van der Waals surface area contributed by atoms with Gasteiger partial charge < -0.3 is 14.5 Å². The number of carbonyl (C=O) groups is 1. The van der Waals surface area contributed by atoms with E-state index in [4.69, 9.17) is 4.74 Å². The normalized spacial score (nSPS) is 26.2. The Morgan fingerprint density at radius 1 is 1.19 bits per heavy atom. The van der Waals surface area contributed by atoms with Crippen LogP contribution in [0.3, 0.4) is 0 Å². The topological polar surface area (TPSA) is 32.8 Å². The number of carbonyl (C=O) groups excluding carboxylic acids is 1. The zero-order chi connectivity index (χ0) is 18.1. The fraction of sp³-hybridized carbons (Fsp3) is 0.500. The summed E-state index contributed by atoms with van der Waals surface area (Å²) in [4.78, 5) is 17.7. The minimum Gasteiger partial charge on any atom is -0.384 e. The van der Waals surface area contributed by atoms with Crippen LogP contribution in [-0.2, 0) is 4.74 Å². The molecule has 2 aromatic rings. The molecule has 4 rings (SSSR count). The van der Waals surface area contributed by atoms with E-state index < -0.39 is 0 Å². The van der Waals surface area contributed by atoms with Crippen LogP contribution in [0, 0.1) is 11.3 Å². The maximum Gasteiger partial charge on any atom is 0.253 e. The van der Waals surface area contributed by atoms with Crippen LogP contribution in [0.2, 0.25) is 0 Å². The van der Waals surface area contributed by atoms with Gasteiger partial charge in [-0.1, -0.05) is 37.3 Å². The fourth-order valence-corrected chi connectivity index (χ4v) is 4.85. The third-order valence-electron chi connectivity index (χ3n) is 6.37. The SMILES string of the molecule is CCN1C[C@H](COC)[C@@]2(CCN(C(=O)c3ccc4ccccc4c3)C2)C1. The van der Waals surface area contributed by atoms with Crippen LogP contribution in [0.4, 0.5) is 0 Å². The summed E-state index contributed by atoms with van der Waals surface area (Å²) in [5.74, 6) is 0.681. The third kappa shape index (κ3) is 3.01. The number of nitrogens with zero attached hydrogens (tertiary/aromatic N) is 2. The molecule has 0 unspecified atom stereocenters. The van der Waals surface area contributed by atoms with Gasteiger partial charge in [0.05, 0.1) is 6.61 Å². The van der Waals surface area contributed by atoms with Crippen molar-refractivity contribution in [3.05, 3.63) is 48.0 Å². The molecule has 2 fully saturated rings. The van der Waals surface area contributed by atoms with E-state index in [0.717, 1.165) is 56.7 Å². The number of fused-ring (bicyclic) bond motifs is 1. The van der Waals surface area contributed by atoms with E-state index in [9.17, 15) is 4.79 Å². The Bertz CT molecular complexity index is 806. The van der Waals surface area contributed by atoms with Gasteiger partial charge >= 0.3 is 0 Å². The molecule has 0 radical (unpaired) electrons. The molecule has 2 aromatic carbocycles. The highest BCUT2D eigenvalue weighted by Gasteiger charge is 2.50. The Labute approximate surface area is 155 Å². The van der Waals surface area contributed by atoms with E-state index in [-0.39, 0.29) is 11.3 Å². The molecule has 4 heteroatoms. The predicted molar refractivity (Wildman–Crippen MR) is 104 cm³/mol. The van der Waals surface area contributed by atoms with E-state index in [2.05, 4.69) is 34.9 Å². The smallest absolute Gasteiger partial charge is 0.253 e. The second-order valence-electron chi connectivity index (χ2n) is 7.88. The first-order valence-electron chi connectivity index (χ1n) is 9.64. The first-order chi connectivity index (χ1) is 12.6. The van der Waals surface area contributed by atoms with Gasteiger partial charge in [-0.2, -0.15) is 0 Å². The first kappa shape index (κ1) is 17.5. The summed E-state index contributed by atoms with van der Waals surface area (Å²) in [5, 5.41) is 2.30. The molecule has 26 heavy (non-hydrogen) atoms. The molecule has 4 nitrogen and oxygen atoms in total. The van der Waals surface area contributed by atoms with Crippen molar-refractivity contribution in [1.29, 1.82) is 0 Å². The Kier molecular flexibility index (Phi) is 4.72. The highest BCUT2D eigenvalue weighted by atomic mass is 16.5. The molecule has 2 heterocycles. The molecule has 0 N–H and O–H groups in total. The molecule has 0 aliphatic carbocycles. The number of hydrogen-bond donors (Lipinski definition) is 0. The van der Waals surface area contributed by atoms with E-state index in [1.165, 1.54) is 5.39 Å². The third-order valence-corrected chi connectivity index (χ3v) is 6.37. The molecule has 0 bridgehead atoms. The Hall–Kier alpha value is -1.91. The molecular weight excluding hydrogens is 324 g/mol. The van der Waals surface area contributed by atoms with Crippen molar-refractivity contribution in [3.63, 3.8) is 0 Å². The van der Waals surface area contributed by atoms with Crippen LogP contribution in [0.25, 0.3) is 10.8 Å². The van der Waals surface area contributed by atoms with Crippen molar-refractivity contribution in [3.8, 4) is 0 Å². The van der Waals surface area contributed by atoms with E-state index in [0.29, 0.717) is 5.92 Å². The van der Waals surface area contributed by atoms with Crippen molar-refractivity contribution in [2.45, 2.75) is 13.3 Å².